The van der Waals surface area contributed by atoms with E-state index in [4.69, 9.17) is 5.11 Å². The van der Waals surface area contributed by atoms with Crippen LogP contribution < -0.4 is 5.32 Å². The lowest BCUT2D eigenvalue weighted by atomic mass is 10.1. The Kier molecular flexibility index (Phi) is 4.86. The van der Waals surface area contributed by atoms with Crippen molar-refractivity contribution >= 4 is 12.0 Å². The summed E-state index contributed by atoms with van der Waals surface area (Å²) in [6.45, 7) is 5.36. The molecule has 6 heteroatoms. The highest BCUT2D eigenvalue weighted by Gasteiger charge is 2.28. The van der Waals surface area contributed by atoms with Gasteiger partial charge in [0.2, 0.25) is 0 Å². The van der Waals surface area contributed by atoms with Gasteiger partial charge in [-0.25, -0.2) is 4.79 Å². The molecule has 0 atom stereocenters. The van der Waals surface area contributed by atoms with Crippen molar-refractivity contribution in [1.82, 2.24) is 15.2 Å². The molecule has 0 aliphatic rings. The van der Waals surface area contributed by atoms with Gasteiger partial charge >= 0.3 is 12.0 Å². The smallest absolute Gasteiger partial charge is 0.323 e. The van der Waals surface area contributed by atoms with Crippen LogP contribution in [0, 0.1) is 0 Å². The van der Waals surface area contributed by atoms with E-state index in [1.54, 1.807) is 39.2 Å². The van der Waals surface area contributed by atoms with Crippen LogP contribution in [-0.4, -0.2) is 39.1 Å². The quantitative estimate of drug-likeness (QED) is 0.863. The van der Waals surface area contributed by atoms with Gasteiger partial charge in [0.05, 0.1) is 0 Å². The van der Waals surface area contributed by atoms with Gasteiger partial charge in [-0.05, 0) is 32.4 Å². The number of carbonyl (C=O) groups is 2. The van der Waals surface area contributed by atoms with Crippen molar-refractivity contribution in [1.29, 1.82) is 0 Å². The molecule has 0 spiro atoms. The molecule has 0 bridgehead atoms. The Morgan fingerprint density at radius 1 is 1.42 bits per heavy atom. The summed E-state index contributed by atoms with van der Waals surface area (Å²) in [5.41, 5.74) is 0.303. The highest BCUT2D eigenvalue weighted by Crippen LogP contribution is 2.13. The first-order valence-electron chi connectivity index (χ1n) is 5.97. The van der Waals surface area contributed by atoms with E-state index in [0.717, 1.165) is 5.56 Å². The third-order valence-electron chi connectivity index (χ3n) is 2.51. The molecule has 0 fully saturated rings. The van der Waals surface area contributed by atoms with Crippen molar-refractivity contribution in [2.24, 2.45) is 0 Å². The number of carboxylic acid groups (broad SMARTS) is 1. The predicted octanol–water partition coefficient (Wildman–Crippen LogP) is 1.48. The van der Waals surface area contributed by atoms with E-state index in [1.165, 1.54) is 4.90 Å². The Labute approximate surface area is 112 Å². The van der Waals surface area contributed by atoms with E-state index in [2.05, 4.69) is 10.3 Å². The third kappa shape index (κ3) is 4.95. The fourth-order valence-electron chi connectivity index (χ4n) is 1.52. The number of hydrogen-bond acceptors (Lipinski definition) is 3. The molecule has 2 amide bonds. The SMILES string of the molecule is CC(C)(C)N(CC(=O)O)C(=O)NCc1cccnc1. The van der Waals surface area contributed by atoms with Crippen molar-refractivity contribution in [2.75, 3.05) is 6.54 Å². The summed E-state index contributed by atoms with van der Waals surface area (Å²) in [5, 5.41) is 11.5. The number of nitrogens with one attached hydrogen (secondary N) is 1. The van der Waals surface area contributed by atoms with E-state index >= 15 is 0 Å². The molecule has 0 aromatic carbocycles. The minimum Gasteiger partial charge on any atom is -0.480 e. The first-order chi connectivity index (χ1) is 8.80. The summed E-state index contributed by atoms with van der Waals surface area (Å²) in [5.74, 6) is -1.04. The van der Waals surface area contributed by atoms with Crippen molar-refractivity contribution in [2.45, 2.75) is 32.9 Å². The number of hydrogen-bond donors (Lipinski definition) is 2. The maximum Gasteiger partial charge on any atom is 0.323 e. The molecule has 1 heterocycles. The molecule has 6 nitrogen and oxygen atoms in total. The fourth-order valence-corrected chi connectivity index (χ4v) is 1.52. The standard InChI is InChI=1S/C13H19N3O3/c1-13(2,3)16(9-11(17)18)12(19)15-8-10-5-4-6-14-7-10/h4-7H,8-9H2,1-3H3,(H,15,19)(H,17,18). The number of nitrogens with zero attached hydrogens (tertiary/aromatic N) is 2. The Morgan fingerprint density at radius 2 is 2.11 bits per heavy atom. The molecule has 0 aliphatic carbocycles. The summed E-state index contributed by atoms with van der Waals surface area (Å²) >= 11 is 0. The lowest BCUT2D eigenvalue weighted by Crippen LogP contribution is -2.52. The van der Waals surface area contributed by atoms with Gasteiger partial charge in [-0.3, -0.25) is 9.78 Å². The van der Waals surface area contributed by atoms with Gasteiger partial charge in [0.25, 0.3) is 0 Å². The van der Waals surface area contributed by atoms with Crippen molar-refractivity contribution in [3.8, 4) is 0 Å². The normalized spacial score (nSPS) is 10.9. The molecule has 0 radical (unpaired) electrons. The topological polar surface area (TPSA) is 82.5 Å². The van der Waals surface area contributed by atoms with Crippen LogP contribution in [0.15, 0.2) is 24.5 Å². The number of aromatic nitrogens is 1. The lowest BCUT2D eigenvalue weighted by Gasteiger charge is -2.34. The minimum absolute atomic E-state index is 0.318. The number of carbonyl (C=O) groups excluding carboxylic acids is 1. The average Bonchev–Trinajstić information content (AvgIpc) is 2.33. The Bertz CT molecular complexity index is 440. The second-order valence-electron chi connectivity index (χ2n) is 5.17. The molecular weight excluding hydrogens is 246 g/mol. The summed E-state index contributed by atoms with van der Waals surface area (Å²) in [4.78, 5) is 28.1. The van der Waals surface area contributed by atoms with Gasteiger partial charge in [0.15, 0.2) is 0 Å². The molecule has 1 aromatic heterocycles. The number of amides is 2. The molecule has 19 heavy (non-hydrogen) atoms. The van der Waals surface area contributed by atoms with Gasteiger partial charge in [0, 0.05) is 24.5 Å². The first-order valence-corrected chi connectivity index (χ1v) is 5.97. The fraction of sp³-hybridized carbons (Fsp3) is 0.462. The number of aliphatic carboxylic acids is 1. The molecule has 0 saturated carbocycles. The van der Waals surface area contributed by atoms with Crippen molar-refractivity contribution in [3.05, 3.63) is 30.1 Å². The van der Waals surface area contributed by atoms with Crippen molar-refractivity contribution in [3.63, 3.8) is 0 Å². The lowest BCUT2D eigenvalue weighted by molar-refractivity contribution is -0.138. The monoisotopic (exact) mass is 265 g/mol. The molecule has 0 saturated heterocycles. The Balaban J connectivity index is 2.65. The zero-order valence-electron chi connectivity index (χ0n) is 11.4. The van der Waals surface area contributed by atoms with Crippen LogP contribution in [0.3, 0.4) is 0 Å². The zero-order valence-corrected chi connectivity index (χ0v) is 11.4. The van der Waals surface area contributed by atoms with Gasteiger partial charge in [-0.2, -0.15) is 0 Å². The molecule has 0 aliphatic heterocycles. The number of rotatable bonds is 4. The van der Waals surface area contributed by atoms with Crippen molar-refractivity contribution < 1.29 is 14.7 Å². The maximum absolute atomic E-state index is 12.0. The predicted molar refractivity (Wildman–Crippen MR) is 70.6 cm³/mol. The third-order valence-corrected chi connectivity index (χ3v) is 2.51. The van der Waals surface area contributed by atoms with E-state index in [9.17, 15) is 9.59 Å². The van der Waals surface area contributed by atoms with Crippen LogP contribution >= 0.6 is 0 Å². The summed E-state index contributed by atoms with van der Waals surface area (Å²) < 4.78 is 0. The number of urea groups is 1. The molecule has 1 rings (SSSR count). The summed E-state index contributed by atoms with van der Waals surface area (Å²) in [6.07, 6.45) is 3.30. The minimum atomic E-state index is -1.04. The van der Waals surface area contributed by atoms with Crippen LogP contribution in [0.5, 0.6) is 0 Å². The van der Waals surface area contributed by atoms with Crippen LogP contribution in [0.2, 0.25) is 0 Å². The second-order valence-corrected chi connectivity index (χ2v) is 5.17. The highest BCUT2D eigenvalue weighted by atomic mass is 16.4. The van der Waals surface area contributed by atoms with E-state index < -0.39 is 17.5 Å². The Morgan fingerprint density at radius 3 is 2.58 bits per heavy atom. The van der Waals surface area contributed by atoms with Crippen LogP contribution in [-0.2, 0) is 11.3 Å². The second kappa shape index (κ2) is 6.17. The van der Waals surface area contributed by atoms with E-state index in [1.807, 2.05) is 6.07 Å². The highest BCUT2D eigenvalue weighted by molar-refractivity contribution is 5.80. The molecular formula is C13H19N3O3. The maximum atomic E-state index is 12.0. The largest absolute Gasteiger partial charge is 0.480 e. The van der Waals surface area contributed by atoms with E-state index in [0.29, 0.717) is 6.54 Å². The number of pyridine rings is 1. The summed E-state index contributed by atoms with van der Waals surface area (Å²) in [7, 11) is 0. The molecule has 1 aromatic rings. The first kappa shape index (κ1) is 14.9. The average molecular weight is 265 g/mol. The van der Waals surface area contributed by atoms with Gasteiger partial charge < -0.3 is 15.3 Å². The zero-order chi connectivity index (χ0) is 14.5. The number of carboxylic acids is 1. The van der Waals surface area contributed by atoms with Gasteiger partial charge in [-0.1, -0.05) is 6.07 Å². The van der Waals surface area contributed by atoms with Crippen LogP contribution in [0.25, 0.3) is 0 Å². The van der Waals surface area contributed by atoms with Crippen LogP contribution in [0.4, 0.5) is 4.79 Å². The molecule has 104 valence electrons. The van der Waals surface area contributed by atoms with Crippen LogP contribution in [0.1, 0.15) is 26.3 Å². The molecule has 2 N–H and O–H groups in total. The summed E-state index contributed by atoms with van der Waals surface area (Å²) in [6, 6.07) is 3.21. The Hall–Kier alpha value is -2.11. The van der Waals surface area contributed by atoms with Gasteiger partial charge in [-0.15, -0.1) is 0 Å². The molecule has 0 unspecified atom stereocenters. The van der Waals surface area contributed by atoms with Gasteiger partial charge in [0.1, 0.15) is 6.54 Å². The van der Waals surface area contributed by atoms with E-state index in [-0.39, 0.29) is 6.54 Å².